The largest absolute Gasteiger partial charge is 0.493 e. The van der Waals surface area contributed by atoms with E-state index in [0.29, 0.717) is 21.5 Å². The third-order valence-electron chi connectivity index (χ3n) is 2.64. The number of alkyl halides is 3. The van der Waals surface area contributed by atoms with Crippen LogP contribution in [0.25, 0.3) is 0 Å². The normalized spacial score (nSPS) is 12.6. The molecule has 0 fully saturated rings. The van der Waals surface area contributed by atoms with Crippen molar-refractivity contribution in [1.82, 2.24) is 0 Å². The fraction of sp³-hybridized carbons (Fsp3) is 0.500. The number of methoxy groups -OCH3 is 2. The van der Waals surface area contributed by atoms with E-state index < -0.39 is 18.6 Å². The summed E-state index contributed by atoms with van der Waals surface area (Å²) in [5, 5.41) is 0. The second kappa shape index (κ2) is 7.95. The lowest BCUT2D eigenvalue weighted by Crippen LogP contribution is -2.16. The van der Waals surface area contributed by atoms with Crippen molar-refractivity contribution < 1.29 is 22.6 Å². The van der Waals surface area contributed by atoms with Crippen LogP contribution in [0.4, 0.5) is 13.2 Å². The van der Waals surface area contributed by atoms with Crippen molar-refractivity contribution in [2.75, 3.05) is 14.2 Å². The summed E-state index contributed by atoms with van der Waals surface area (Å²) in [6, 6.07) is 2.49. The van der Waals surface area contributed by atoms with Crippen molar-refractivity contribution in [1.29, 1.82) is 0 Å². The fourth-order valence-electron chi connectivity index (χ4n) is 1.63. The Labute approximate surface area is 130 Å². The molecule has 3 nitrogen and oxygen atoms in total. The first-order valence-corrected chi connectivity index (χ1v) is 6.31. The molecule has 116 valence electrons. The van der Waals surface area contributed by atoms with Crippen molar-refractivity contribution in [2.45, 2.75) is 25.1 Å². The molecule has 0 aliphatic carbocycles. The minimum absolute atomic E-state index is 0. The molecule has 1 aromatic carbocycles. The van der Waals surface area contributed by atoms with Crippen LogP contribution in [0.2, 0.25) is 0 Å². The smallest absolute Gasteiger partial charge is 0.389 e. The zero-order valence-electron chi connectivity index (χ0n) is 11.0. The van der Waals surface area contributed by atoms with Gasteiger partial charge in [-0.1, -0.05) is 15.9 Å². The van der Waals surface area contributed by atoms with Crippen LogP contribution in [-0.2, 0) is 0 Å². The summed E-state index contributed by atoms with van der Waals surface area (Å²) >= 11 is 3.28. The molecule has 0 heterocycles. The van der Waals surface area contributed by atoms with Crippen LogP contribution in [0.1, 0.15) is 24.4 Å². The van der Waals surface area contributed by atoms with Crippen molar-refractivity contribution in [3.63, 3.8) is 0 Å². The maximum absolute atomic E-state index is 12.2. The number of halogens is 5. The Morgan fingerprint density at radius 1 is 1.20 bits per heavy atom. The molecular weight excluding hydrogens is 362 g/mol. The van der Waals surface area contributed by atoms with Gasteiger partial charge in [-0.15, -0.1) is 12.4 Å². The Morgan fingerprint density at radius 2 is 1.70 bits per heavy atom. The number of nitrogens with two attached hydrogens (primary N) is 1. The van der Waals surface area contributed by atoms with Gasteiger partial charge >= 0.3 is 6.18 Å². The highest BCUT2D eigenvalue weighted by Crippen LogP contribution is 2.37. The lowest BCUT2D eigenvalue weighted by Gasteiger charge is -2.17. The maximum atomic E-state index is 12.2. The van der Waals surface area contributed by atoms with Gasteiger partial charge in [0.25, 0.3) is 0 Å². The molecule has 0 aromatic heterocycles. The molecule has 1 atom stereocenters. The van der Waals surface area contributed by atoms with Crippen molar-refractivity contribution >= 4 is 28.3 Å². The third kappa shape index (κ3) is 5.38. The van der Waals surface area contributed by atoms with Crippen LogP contribution in [-0.4, -0.2) is 20.4 Å². The predicted molar refractivity (Wildman–Crippen MR) is 76.7 cm³/mol. The highest BCUT2D eigenvalue weighted by molar-refractivity contribution is 9.10. The molecule has 0 saturated carbocycles. The zero-order valence-corrected chi connectivity index (χ0v) is 13.4. The predicted octanol–water partition coefficient (Wildman–Crippen LogP) is 4.23. The van der Waals surface area contributed by atoms with E-state index in [1.165, 1.54) is 14.2 Å². The van der Waals surface area contributed by atoms with Gasteiger partial charge in [0, 0.05) is 16.9 Å². The number of rotatable bonds is 5. The van der Waals surface area contributed by atoms with Crippen LogP contribution >= 0.6 is 28.3 Å². The van der Waals surface area contributed by atoms with Crippen molar-refractivity contribution in [3.8, 4) is 11.5 Å². The standard InChI is InChI=1S/C12H15BrF3NO2.ClH/c1-18-10-5-7(8(13)6-11(10)19-2)9(17)3-4-12(14,15)16;/h5-6,9H,3-4,17H2,1-2H3;1H/t9-;/m0./s1. The molecule has 1 rings (SSSR count). The molecule has 0 spiro atoms. The summed E-state index contributed by atoms with van der Waals surface area (Å²) in [5.41, 5.74) is 6.35. The number of ether oxygens (including phenoxy) is 2. The zero-order chi connectivity index (χ0) is 14.6. The average molecular weight is 379 g/mol. The average Bonchev–Trinajstić information content (AvgIpc) is 2.34. The molecule has 0 aliphatic rings. The summed E-state index contributed by atoms with van der Waals surface area (Å²) in [5.74, 6) is 0.921. The summed E-state index contributed by atoms with van der Waals surface area (Å²) < 4.78 is 47.3. The van der Waals surface area contributed by atoms with Gasteiger partial charge in [-0.25, -0.2) is 0 Å². The number of benzene rings is 1. The molecule has 0 unspecified atom stereocenters. The van der Waals surface area contributed by atoms with E-state index in [4.69, 9.17) is 15.2 Å². The number of hydrogen-bond acceptors (Lipinski definition) is 3. The van der Waals surface area contributed by atoms with Gasteiger partial charge in [0.1, 0.15) is 0 Å². The van der Waals surface area contributed by atoms with E-state index in [-0.39, 0.29) is 18.8 Å². The van der Waals surface area contributed by atoms with E-state index in [1.54, 1.807) is 12.1 Å². The van der Waals surface area contributed by atoms with E-state index in [2.05, 4.69) is 15.9 Å². The van der Waals surface area contributed by atoms with Crippen molar-refractivity contribution in [2.24, 2.45) is 5.73 Å². The molecule has 1 aromatic rings. The van der Waals surface area contributed by atoms with E-state index in [0.717, 1.165) is 0 Å². The second-order valence-electron chi connectivity index (χ2n) is 3.99. The highest BCUT2D eigenvalue weighted by atomic mass is 79.9. The van der Waals surface area contributed by atoms with Gasteiger partial charge in [-0.05, 0) is 24.1 Å². The summed E-state index contributed by atoms with van der Waals surface area (Å²) in [6.07, 6.45) is -5.31. The van der Waals surface area contributed by atoms with Crippen LogP contribution in [0.15, 0.2) is 16.6 Å². The maximum Gasteiger partial charge on any atom is 0.389 e. The van der Waals surface area contributed by atoms with Gasteiger partial charge in [0.2, 0.25) is 0 Å². The monoisotopic (exact) mass is 377 g/mol. The second-order valence-corrected chi connectivity index (χ2v) is 4.84. The molecule has 0 amide bonds. The number of hydrogen-bond donors (Lipinski definition) is 1. The van der Waals surface area contributed by atoms with Crippen molar-refractivity contribution in [3.05, 3.63) is 22.2 Å². The van der Waals surface area contributed by atoms with Gasteiger partial charge in [0.05, 0.1) is 14.2 Å². The molecule has 0 saturated heterocycles. The Bertz CT molecular complexity index is 443. The molecule has 0 radical (unpaired) electrons. The topological polar surface area (TPSA) is 44.5 Å². The Morgan fingerprint density at radius 3 is 2.15 bits per heavy atom. The lowest BCUT2D eigenvalue weighted by molar-refractivity contribution is -0.136. The van der Waals surface area contributed by atoms with E-state index in [1.807, 2.05) is 0 Å². The quantitative estimate of drug-likeness (QED) is 0.834. The molecule has 0 aliphatic heterocycles. The minimum Gasteiger partial charge on any atom is -0.493 e. The molecular formula is C12H16BrClF3NO2. The van der Waals surface area contributed by atoms with E-state index >= 15 is 0 Å². The lowest BCUT2D eigenvalue weighted by atomic mass is 10.0. The third-order valence-corrected chi connectivity index (χ3v) is 3.33. The highest BCUT2D eigenvalue weighted by Gasteiger charge is 2.28. The van der Waals surface area contributed by atoms with Crippen LogP contribution in [0, 0.1) is 0 Å². The summed E-state index contributed by atoms with van der Waals surface area (Å²) in [7, 11) is 2.93. The molecule has 20 heavy (non-hydrogen) atoms. The van der Waals surface area contributed by atoms with Gasteiger partial charge in [-0.2, -0.15) is 13.2 Å². The molecule has 0 bridgehead atoms. The molecule has 8 heteroatoms. The summed E-state index contributed by atoms with van der Waals surface area (Å²) in [6.45, 7) is 0. The van der Waals surface area contributed by atoms with Crippen LogP contribution in [0.3, 0.4) is 0 Å². The first-order valence-electron chi connectivity index (χ1n) is 5.52. The first-order chi connectivity index (χ1) is 8.78. The van der Waals surface area contributed by atoms with Crippen LogP contribution < -0.4 is 15.2 Å². The Hall–Kier alpha value is -0.660. The summed E-state index contributed by atoms with van der Waals surface area (Å²) in [4.78, 5) is 0. The molecule has 2 N–H and O–H groups in total. The van der Waals surface area contributed by atoms with Gasteiger partial charge < -0.3 is 15.2 Å². The Kier molecular flexibility index (Phi) is 7.69. The van der Waals surface area contributed by atoms with E-state index in [9.17, 15) is 13.2 Å². The Balaban J connectivity index is 0.00000361. The van der Waals surface area contributed by atoms with Gasteiger partial charge in [-0.3, -0.25) is 0 Å². The van der Waals surface area contributed by atoms with Crippen LogP contribution in [0.5, 0.6) is 11.5 Å². The minimum atomic E-state index is -4.21. The van der Waals surface area contributed by atoms with Gasteiger partial charge in [0.15, 0.2) is 11.5 Å². The SMILES string of the molecule is COc1cc(Br)c([C@@H](N)CCC(F)(F)F)cc1OC.Cl. The first kappa shape index (κ1) is 19.3. The fourth-order valence-corrected chi connectivity index (χ4v) is 2.25.